The Hall–Kier alpha value is -1.55. The standard InChI is InChI=1S/C16H23NO3/c1-3-19-15(18)9-10-17-14-8-5-11-20-16-12(2)6-4-7-13(14)16/h4,6-7,14,17H,3,5,8-11H2,1-2H3. The number of benzene rings is 1. The number of ether oxygens (including phenoxy) is 2. The molecule has 0 saturated carbocycles. The normalized spacial score (nSPS) is 17.8. The first-order valence-corrected chi connectivity index (χ1v) is 7.33. The Bertz CT molecular complexity index is 459. The van der Waals surface area contributed by atoms with Gasteiger partial charge < -0.3 is 14.8 Å². The van der Waals surface area contributed by atoms with Gasteiger partial charge in [0.1, 0.15) is 5.75 Å². The van der Waals surface area contributed by atoms with Gasteiger partial charge in [0.2, 0.25) is 0 Å². The Labute approximate surface area is 120 Å². The van der Waals surface area contributed by atoms with Crippen LogP contribution in [0.1, 0.15) is 43.4 Å². The zero-order valence-corrected chi connectivity index (χ0v) is 12.3. The monoisotopic (exact) mass is 277 g/mol. The summed E-state index contributed by atoms with van der Waals surface area (Å²) in [7, 11) is 0. The minimum absolute atomic E-state index is 0.144. The molecule has 1 aromatic rings. The lowest BCUT2D eigenvalue weighted by molar-refractivity contribution is -0.143. The number of hydrogen-bond acceptors (Lipinski definition) is 4. The molecule has 1 aliphatic rings. The van der Waals surface area contributed by atoms with Crippen molar-refractivity contribution < 1.29 is 14.3 Å². The van der Waals surface area contributed by atoms with Gasteiger partial charge in [0.25, 0.3) is 0 Å². The van der Waals surface area contributed by atoms with Crippen LogP contribution in [0.2, 0.25) is 0 Å². The van der Waals surface area contributed by atoms with Crippen LogP contribution in [0.25, 0.3) is 0 Å². The molecule has 0 bridgehead atoms. The van der Waals surface area contributed by atoms with E-state index < -0.39 is 0 Å². The molecule has 1 aromatic carbocycles. The first kappa shape index (κ1) is 14.9. The van der Waals surface area contributed by atoms with Crippen LogP contribution in [-0.4, -0.2) is 25.7 Å². The second kappa shape index (κ2) is 7.29. The van der Waals surface area contributed by atoms with Gasteiger partial charge in [-0.1, -0.05) is 18.2 Å². The number of carbonyl (C=O) groups excluding carboxylic acids is 1. The maximum Gasteiger partial charge on any atom is 0.307 e. The number of para-hydroxylation sites is 1. The molecule has 20 heavy (non-hydrogen) atoms. The lowest BCUT2D eigenvalue weighted by atomic mass is 10.00. The summed E-state index contributed by atoms with van der Waals surface area (Å²) in [6, 6.07) is 6.49. The average Bonchev–Trinajstić information content (AvgIpc) is 2.63. The first-order valence-electron chi connectivity index (χ1n) is 7.33. The molecule has 4 nitrogen and oxygen atoms in total. The van der Waals surface area contributed by atoms with Crippen LogP contribution in [0.3, 0.4) is 0 Å². The highest BCUT2D eigenvalue weighted by atomic mass is 16.5. The van der Waals surface area contributed by atoms with Crippen molar-refractivity contribution >= 4 is 5.97 Å². The highest BCUT2D eigenvalue weighted by Crippen LogP contribution is 2.33. The summed E-state index contributed by atoms with van der Waals surface area (Å²) in [6.07, 6.45) is 2.46. The predicted octanol–water partition coefficient (Wildman–Crippen LogP) is 2.75. The molecule has 0 saturated heterocycles. The maximum atomic E-state index is 11.4. The van der Waals surface area contributed by atoms with E-state index in [4.69, 9.17) is 9.47 Å². The SMILES string of the molecule is CCOC(=O)CCNC1CCCOc2c(C)cccc21. The number of nitrogens with one attached hydrogen (secondary N) is 1. The Morgan fingerprint density at radius 2 is 2.35 bits per heavy atom. The van der Waals surface area contributed by atoms with Crippen molar-refractivity contribution in [3.8, 4) is 5.75 Å². The number of esters is 1. The summed E-state index contributed by atoms with van der Waals surface area (Å²) in [5.74, 6) is 0.855. The summed E-state index contributed by atoms with van der Waals surface area (Å²) in [5.41, 5.74) is 2.37. The summed E-state index contributed by atoms with van der Waals surface area (Å²) >= 11 is 0. The third-order valence-corrected chi connectivity index (χ3v) is 3.53. The van der Waals surface area contributed by atoms with Gasteiger partial charge in [0, 0.05) is 18.2 Å². The van der Waals surface area contributed by atoms with E-state index >= 15 is 0 Å². The maximum absolute atomic E-state index is 11.4. The molecule has 4 heteroatoms. The highest BCUT2D eigenvalue weighted by Gasteiger charge is 2.20. The number of hydrogen-bond donors (Lipinski definition) is 1. The zero-order chi connectivity index (χ0) is 14.4. The van der Waals surface area contributed by atoms with Gasteiger partial charge in [0.15, 0.2) is 0 Å². The first-order chi connectivity index (χ1) is 9.72. The van der Waals surface area contributed by atoms with Gasteiger partial charge in [0.05, 0.1) is 19.6 Å². The molecule has 0 fully saturated rings. The van der Waals surface area contributed by atoms with Gasteiger partial charge in [-0.15, -0.1) is 0 Å². The van der Waals surface area contributed by atoms with E-state index in [-0.39, 0.29) is 12.0 Å². The smallest absolute Gasteiger partial charge is 0.307 e. The highest BCUT2D eigenvalue weighted by molar-refractivity contribution is 5.69. The molecule has 1 atom stereocenters. The van der Waals surface area contributed by atoms with E-state index in [9.17, 15) is 4.79 Å². The quantitative estimate of drug-likeness (QED) is 0.841. The minimum atomic E-state index is -0.144. The third-order valence-electron chi connectivity index (χ3n) is 3.53. The van der Waals surface area contributed by atoms with E-state index in [1.807, 2.05) is 6.92 Å². The van der Waals surface area contributed by atoms with E-state index in [0.29, 0.717) is 19.6 Å². The molecule has 1 aliphatic heterocycles. The molecule has 0 aliphatic carbocycles. The van der Waals surface area contributed by atoms with Gasteiger partial charge in [-0.25, -0.2) is 0 Å². The van der Waals surface area contributed by atoms with Gasteiger partial charge >= 0.3 is 5.97 Å². The Morgan fingerprint density at radius 1 is 1.50 bits per heavy atom. The lowest BCUT2D eigenvalue weighted by Crippen LogP contribution is -2.24. The molecular formula is C16H23NO3. The van der Waals surface area contributed by atoms with E-state index in [1.54, 1.807) is 0 Å². The van der Waals surface area contributed by atoms with Crippen molar-refractivity contribution in [1.82, 2.24) is 5.32 Å². The van der Waals surface area contributed by atoms with Crippen molar-refractivity contribution in [1.29, 1.82) is 0 Å². The summed E-state index contributed by atoms with van der Waals surface area (Å²) < 4.78 is 10.8. The molecule has 0 radical (unpaired) electrons. The number of aryl methyl sites for hydroxylation is 1. The fourth-order valence-corrected chi connectivity index (χ4v) is 2.56. The van der Waals surface area contributed by atoms with E-state index in [2.05, 4.69) is 30.4 Å². The van der Waals surface area contributed by atoms with Gasteiger partial charge in [-0.05, 0) is 32.3 Å². The van der Waals surface area contributed by atoms with Crippen LogP contribution in [0.15, 0.2) is 18.2 Å². The molecular weight excluding hydrogens is 254 g/mol. The largest absolute Gasteiger partial charge is 0.493 e. The van der Waals surface area contributed by atoms with Gasteiger partial charge in [-0.3, -0.25) is 4.79 Å². The average molecular weight is 277 g/mol. The fourth-order valence-electron chi connectivity index (χ4n) is 2.56. The summed E-state index contributed by atoms with van der Waals surface area (Å²) in [6.45, 7) is 5.73. The van der Waals surface area contributed by atoms with E-state index in [1.165, 1.54) is 11.1 Å². The zero-order valence-electron chi connectivity index (χ0n) is 12.3. The van der Waals surface area contributed by atoms with Crippen molar-refractivity contribution in [3.63, 3.8) is 0 Å². The molecule has 0 amide bonds. The van der Waals surface area contributed by atoms with Crippen molar-refractivity contribution in [2.45, 2.75) is 39.2 Å². The Balaban J connectivity index is 1.98. The topological polar surface area (TPSA) is 47.6 Å². The molecule has 0 spiro atoms. The lowest BCUT2D eigenvalue weighted by Gasteiger charge is -2.19. The van der Waals surface area contributed by atoms with Crippen LogP contribution in [0.5, 0.6) is 5.75 Å². The summed E-state index contributed by atoms with van der Waals surface area (Å²) in [5, 5.41) is 3.45. The number of rotatable bonds is 5. The van der Waals surface area contributed by atoms with Crippen LogP contribution in [0.4, 0.5) is 0 Å². The van der Waals surface area contributed by atoms with Crippen molar-refractivity contribution in [2.24, 2.45) is 0 Å². The van der Waals surface area contributed by atoms with E-state index in [0.717, 1.165) is 25.2 Å². The minimum Gasteiger partial charge on any atom is -0.493 e. The number of fused-ring (bicyclic) bond motifs is 1. The molecule has 110 valence electrons. The van der Waals surface area contributed by atoms with Crippen LogP contribution >= 0.6 is 0 Å². The van der Waals surface area contributed by atoms with Crippen molar-refractivity contribution in [2.75, 3.05) is 19.8 Å². The Kier molecular flexibility index (Phi) is 5.41. The Morgan fingerprint density at radius 3 is 3.15 bits per heavy atom. The number of carbonyl (C=O) groups is 1. The third kappa shape index (κ3) is 3.73. The second-order valence-corrected chi connectivity index (χ2v) is 5.05. The van der Waals surface area contributed by atoms with Gasteiger partial charge in [-0.2, -0.15) is 0 Å². The predicted molar refractivity (Wildman–Crippen MR) is 77.9 cm³/mol. The van der Waals surface area contributed by atoms with Crippen LogP contribution in [-0.2, 0) is 9.53 Å². The van der Waals surface area contributed by atoms with Crippen LogP contribution in [0, 0.1) is 6.92 Å². The molecule has 2 rings (SSSR count). The summed E-state index contributed by atoms with van der Waals surface area (Å²) in [4.78, 5) is 11.4. The fraction of sp³-hybridized carbons (Fsp3) is 0.562. The van der Waals surface area contributed by atoms with Crippen LogP contribution < -0.4 is 10.1 Å². The second-order valence-electron chi connectivity index (χ2n) is 5.05. The molecule has 1 unspecified atom stereocenters. The molecule has 1 N–H and O–H groups in total. The molecule has 0 aromatic heterocycles. The van der Waals surface area contributed by atoms with Crippen molar-refractivity contribution in [3.05, 3.63) is 29.3 Å². The molecule has 1 heterocycles.